The normalized spacial score (nSPS) is 21.0. The third-order valence-corrected chi connectivity index (χ3v) is 7.30. The van der Waals surface area contributed by atoms with Gasteiger partial charge in [0, 0.05) is 56.1 Å². The Morgan fingerprint density at radius 2 is 1.94 bits per heavy atom. The molecule has 178 valence electrons. The number of benzene rings is 1. The van der Waals surface area contributed by atoms with Gasteiger partial charge in [0.15, 0.2) is 0 Å². The molecule has 1 atom stereocenters. The van der Waals surface area contributed by atoms with Gasteiger partial charge in [0.1, 0.15) is 5.65 Å². The average Bonchev–Trinajstić information content (AvgIpc) is 3.28. The Hall–Kier alpha value is -2.94. The number of carbonyl (C=O) groups excluding carboxylic acids is 1. The molecule has 8 nitrogen and oxygen atoms in total. The number of urea groups is 1. The average molecular weight is 462 g/mol. The lowest BCUT2D eigenvalue weighted by Crippen LogP contribution is -2.49. The number of amides is 2. The number of ether oxygens (including phenoxy) is 2. The molecule has 0 spiro atoms. The van der Waals surface area contributed by atoms with Crippen molar-refractivity contribution < 1.29 is 14.3 Å². The van der Waals surface area contributed by atoms with Crippen LogP contribution in [0.1, 0.15) is 28.3 Å². The van der Waals surface area contributed by atoms with Crippen molar-refractivity contribution in [2.24, 2.45) is 0 Å². The predicted molar refractivity (Wildman–Crippen MR) is 130 cm³/mol. The first-order chi connectivity index (χ1) is 16.7. The number of aromatic nitrogens is 2. The number of pyridine rings is 1. The molecule has 0 saturated carbocycles. The fourth-order valence-corrected chi connectivity index (χ4v) is 5.35. The lowest BCUT2D eigenvalue weighted by molar-refractivity contribution is 0.0420. The monoisotopic (exact) mass is 461 g/mol. The van der Waals surface area contributed by atoms with Crippen molar-refractivity contribution in [2.45, 2.75) is 25.9 Å². The van der Waals surface area contributed by atoms with Gasteiger partial charge in [-0.25, -0.2) is 9.78 Å². The molecule has 0 unspecified atom stereocenters. The molecule has 2 N–H and O–H groups in total. The van der Waals surface area contributed by atoms with Gasteiger partial charge in [-0.3, -0.25) is 0 Å². The van der Waals surface area contributed by atoms with Crippen molar-refractivity contribution in [3.63, 3.8) is 0 Å². The SMILES string of the molecule is Cc1c[nH]c2ncc(-c3cc4c(c([C@@H]5COCCN5)c3)CN(C(=O)N3CCOCC3)CC4)cc12. The molecular formula is C26H31N5O3. The lowest BCUT2D eigenvalue weighted by atomic mass is 9.87. The molecule has 3 aromatic rings. The van der Waals surface area contributed by atoms with E-state index >= 15 is 0 Å². The van der Waals surface area contributed by atoms with Gasteiger partial charge in [0.2, 0.25) is 0 Å². The minimum absolute atomic E-state index is 0.117. The molecule has 34 heavy (non-hydrogen) atoms. The van der Waals surface area contributed by atoms with Crippen LogP contribution in [0.15, 0.2) is 30.6 Å². The zero-order valence-corrected chi connectivity index (χ0v) is 19.6. The number of aromatic amines is 1. The number of carbonyl (C=O) groups is 1. The molecule has 2 amide bonds. The van der Waals surface area contributed by atoms with Gasteiger partial charge in [-0.1, -0.05) is 6.07 Å². The van der Waals surface area contributed by atoms with Crippen molar-refractivity contribution in [1.82, 2.24) is 25.1 Å². The van der Waals surface area contributed by atoms with E-state index in [1.165, 1.54) is 27.8 Å². The van der Waals surface area contributed by atoms with Crippen LogP contribution in [-0.4, -0.2) is 78.4 Å². The van der Waals surface area contributed by atoms with Crippen molar-refractivity contribution in [3.05, 3.63) is 52.8 Å². The van der Waals surface area contributed by atoms with Crippen LogP contribution in [0.5, 0.6) is 0 Å². The van der Waals surface area contributed by atoms with Crippen LogP contribution < -0.4 is 5.32 Å². The highest BCUT2D eigenvalue weighted by Gasteiger charge is 2.30. The van der Waals surface area contributed by atoms with E-state index in [9.17, 15) is 4.79 Å². The van der Waals surface area contributed by atoms with E-state index in [2.05, 4.69) is 40.4 Å². The van der Waals surface area contributed by atoms with Crippen LogP contribution in [0.3, 0.4) is 0 Å². The van der Waals surface area contributed by atoms with E-state index in [0.717, 1.165) is 42.7 Å². The largest absolute Gasteiger partial charge is 0.378 e. The topological polar surface area (TPSA) is 82.7 Å². The summed E-state index contributed by atoms with van der Waals surface area (Å²) in [4.78, 5) is 25.0. The highest BCUT2D eigenvalue weighted by molar-refractivity contribution is 5.84. The number of nitrogens with one attached hydrogen (secondary N) is 2. The Balaban J connectivity index is 1.37. The molecule has 6 rings (SSSR count). The Labute approximate surface area is 199 Å². The van der Waals surface area contributed by atoms with Crippen molar-refractivity contribution in [2.75, 3.05) is 52.6 Å². The van der Waals surface area contributed by atoms with Crippen LogP contribution in [0.25, 0.3) is 22.2 Å². The summed E-state index contributed by atoms with van der Waals surface area (Å²) in [6, 6.07) is 7.03. The third kappa shape index (κ3) is 3.96. The first-order valence-corrected chi connectivity index (χ1v) is 12.2. The van der Waals surface area contributed by atoms with Gasteiger partial charge in [-0.2, -0.15) is 0 Å². The molecule has 0 aliphatic carbocycles. The quantitative estimate of drug-likeness (QED) is 0.613. The van der Waals surface area contributed by atoms with Crippen molar-refractivity contribution in [3.8, 4) is 11.1 Å². The highest BCUT2D eigenvalue weighted by atomic mass is 16.5. The zero-order valence-electron chi connectivity index (χ0n) is 19.6. The zero-order chi connectivity index (χ0) is 23.1. The van der Waals surface area contributed by atoms with E-state index < -0.39 is 0 Å². The first-order valence-electron chi connectivity index (χ1n) is 12.2. The molecule has 3 aliphatic rings. The number of rotatable bonds is 2. The van der Waals surface area contributed by atoms with Crippen LogP contribution in [0.4, 0.5) is 4.79 Å². The van der Waals surface area contributed by atoms with Gasteiger partial charge in [-0.05, 0) is 53.3 Å². The molecule has 3 aliphatic heterocycles. The highest BCUT2D eigenvalue weighted by Crippen LogP contribution is 2.34. The van der Waals surface area contributed by atoms with Gasteiger partial charge in [-0.15, -0.1) is 0 Å². The van der Waals surface area contributed by atoms with Crippen LogP contribution in [0, 0.1) is 6.92 Å². The van der Waals surface area contributed by atoms with Crippen molar-refractivity contribution >= 4 is 17.1 Å². The number of nitrogens with zero attached hydrogens (tertiary/aromatic N) is 3. The lowest BCUT2D eigenvalue weighted by Gasteiger charge is -2.37. The molecule has 2 fully saturated rings. The van der Waals surface area contributed by atoms with E-state index in [-0.39, 0.29) is 12.1 Å². The fourth-order valence-electron chi connectivity index (χ4n) is 5.35. The minimum Gasteiger partial charge on any atom is -0.378 e. The number of morpholine rings is 2. The first kappa shape index (κ1) is 21.6. The summed E-state index contributed by atoms with van der Waals surface area (Å²) in [6.07, 6.45) is 4.80. The second-order valence-corrected chi connectivity index (χ2v) is 9.43. The molecule has 0 radical (unpaired) electrons. The van der Waals surface area contributed by atoms with E-state index in [0.29, 0.717) is 39.5 Å². The summed E-state index contributed by atoms with van der Waals surface area (Å²) >= 11 is 0. The maximum atomic E-state index is 13.2. The summed E-state index contributed by atoms with van der Waals surface area (Å²) in [6.45, 7) is 8.24. The molecule has 2 aromatic heterocycles. The van der Waals surface area contributed by atoms with Gasteiger partial charge in [0.05, 0.1) is 32.5 Å². The van der Waals surface area contributed by atoms with E-state index in [1.54, 1.807) is 0 Å². The summed E-state index contributed by atoms with van der Waals surface area (Å²) < 4.78 is 11.3. The van der Waals surface area contributed by atoms with Gasteiger partial charge < -0.3 is 29.6 Å². The third-order valence-electron chi connectivity index (χ3n) is 7.30. The van der Waals surface area contributed by atoms with E-state index in [4.69, 9.17) is 9.47 Å². The number of aryl methyl sites for hydroxylation is 1. The second-order valence-electron chi connectivity index (χ2n) is 9.43. The smallest absolute Gasteiger partial charge is 0.320 e. The molecule has 5 heterocycles. The minimum atomic E-state index is 0.117. The molecule has 8 heteroatoms. The van der Waals surface area contributed by atoms with Gasteiger partial charge >= 0.3 is 6.03 Å². The molecule has 2 saturated heterocycles. The Bertz CT molecular complexity index is 1210. The summed E-state index contributed by atoms with van der Waals surface area (Å²) in [5, 5.41) is 4.78. The number of hydrogen-bond acceptors (Lipinski definition) is 5. The van der Waals surface area contributed by atoms with Crippen LogP contribution in [0.2, 0.25) is 0 Å². The fraction of sp³-hybridized carbons (Fsp3) is 0.462. The summed E-state index contributed by atoms with van der Waals surface area (Å²) in [5.41, 5.74) is 8.20. The molecule has 1 aromatic carbocycles. The Morgan fingerprint density at radius 1 is 1.06 bits per heavy atom. The number of hydrogen-bond donors (Lipinski definition) is 2. The molecular weight excluding hydrogens is 430 g/mol. The van der Waals surface area contributed by atoms with Crippen molar-refractivity contribution in [1.29, 1.82) is 0 Å². The maximum Gasteiger partial charge on any atom is 0.320 e. The Morgan fingerprint density at radius 3 is 2.76 bits per heavy atom. The Kier molecular flexibility index (Phi) is 5.72. The number of H-pyrrole nitrogens is 1. The maximum absolute atomic E-state index is 13.2. The summed E-state index contributed by atoms with van der Waals surface area (Å²) in [5.74, 6) is 0. The standard InChI is InChI=1S/C26H31N5O3/c1-17-13-28-25-21(17)12-20(14-29-25)19-10-18-2-4-31(26(32)30-5-8-33-9-6-30)15-23(18)22(11-19)24-16-34-7-3-27-24/h10-14,24,27H,2-9,15-16H2,1H3,(H,28,29)/t24-/m0/s1. The number of fused-ring (bicyclic) bond motifs is 2. The van der Waals surface area contributed by atoms with Gasteiger partial charge in [0.25, 0.3) is 0 Å². The summed E-state index contributed by atoms with van der Waals surface area (Å²) in [7, 11) is 0. The second kappa shape index (κ2) is 9.02. The van der Waals surface area contributed by atoms with Crippen LogP contribution in [-0.2, 0) is 22.4 Å². The predicted octanol–water partition coefficient (Wildman–Crippen LogP) is 3.01. The molecule has 0 bridgehead atoms. The van der Waals surface area contributed by atoms with E-state index in [1.807, 2.05) is 22.2 Å². The van der Waals surface area contributed by atoms with Crippen LogP contribution >= 0.6 is 0 Å².